The number of rotatable bonds is 0. The lowest BCUT2D eigenvalue weighted by Crippen LogP contribution is -1.71. The van der Waals surface area contributed by atoms with Gasteiger partial charge in [-0.25, -0.2) is 4.98 Å². The highest BCUT2D eigenvalue weighted by Crippen LogP contribution is 2.35. The summed E-state index contributed by atoms with van der Waals surface area (Å²) >= 11 is 14.2. The molecule has 0 atom stereocenters. The predicted molar refractivity (Wildman–Crippen MR) is 60.0 cm³/mol. The lowest BCUT2D eigenvalue weighted by Gasteiger charge is -1.92. The third-order valence-electron chi connectivity index (χ3n) is 1.42. The van der Waals surface area contributed by atoms with Crippen molar-refractivity contribution in [3.63, 3.8) is 0 Å². The number of fused-ring (bicyclic) bond motifs is 1. The molecule has 1 nitrogen and oxygen atoms in total. The van der Waals surface area contributed by atoms with Gasteiger partial charge in [-0.1, -0.05) is 11.6 Å². The molecular weight excluding hydrogens is 325 g/mol. The number of nitrogens with zero attached hydrogens (tertiary/aromatic N) is 1. The van der Waals surface area contributed by atoms with Gasteiger partial charge in [0.1, 0.15) is 0 Å². The average Bonchev–Trinajstić information content (AvgIpc) is 2.41. The van der Waals surface area contributed by atoms with Gasteiger partial charge in [0, 0.05) is 4.47 Å². The SMILES string of the molecule is Clc1ccc(Br)c2nc(Br)sc12. The van der Waals surface area contributed by atoms with Crippen molar-refractivity contribution in [3.8, 4) is 0 Å². The van der Waals surface area contributed by atoms with Crippen LogP contribution in [0.25, 0.3) is 10.2 Å². The molecule has 5 heteroatoms. The van der Waals surface area contributed by atoms with Crippen LogP contribution in [0, 0.1) is 0 Å². The average molecular weight is 327 g/mol. The summed E-state index contributed by atoms with van der Waals surface area (Å²) in [5, 5.41) is 0.747. The highest BCUT2D eigenvalue weighted by Gasteiger charge is 2.07. The lowest BCUT2D eigenvalue weighted by atomic mass is 10.3. The number of aromatic nitrogens is 1. The van der Waals surface area contributed by atoms with Crippen LogP contribution in [-0.4, -0.2) is 4.98 Å². The molecule has 2 aromatic rings. The van der Waals surface area contributed by atoms with Crippen molar-refractivity contribution in [2.75, 3.05) is 0 Å². The molecule has 0 unspecified atom stereocenters. The second-order valence-electron chi connectivity index (χ2n) is 2.17. The van der Waals surface area contributed by atoms with E-state index in [0.29, 0.717) is 0 Å². The van der Waals surface area contributed by atoms with E-state index < -0.39 is 0 Å². The molecule has 1 aromatic heterocycles. The zero-order valence-electron chi connectivity index (χ0n) is 5.64. The molecule has 0 aliphatic heterocycles. The van der Waals surface area contributed by atoms with Crippen molar-refractivity contribution >= 4 is 65.0 Å². The summed E-state index contributed by atoms with van der Waals surface area (Å²) in [5.74, 6) is 0. The Morgan fingerprint density at radius 2 is 2.08 bits per heavy atom. The first-order chi connectivity index (χ1) is 5.68. The van der Waals surface area contributed by atoms with Gasteiger partial charge in [0.15, 0.2) is 3.92 Å². The smallest absolute Gasteiger partial charge is 0.160 e. The molecule has 0 saturated heterocycles. The molecule has 62 valence electrons. The van der Waals surface area contributed by atoms with Crippen LogP contribution in [0.15, 0.2) is 20.5 Å². The third-order valence-corrected chi connectivity index (χ3v) is 4.03. The Morgan fingerprint density at radius 3 is 2.75 bits per heavy atom. The molecule has 0 aliphatic rings. The van der Waals surface area contributed by atoms with Crippen LogP contribution >= 0.6 is 54.8 Å². The molecule has 1 heterocycles. The minimum absolute atomic E-state index is 0.747. The molecule has 0 amide bonds. The maximum atomic E-state index is 5.97. The molecule has 0 bridgehead atoms. The Morgan fingerprint density at radius 1 is 1.33 bits per heavy atom. The van der Waals surface area contributed by atoms with Gasteiger partial charge in [-0.2, -0.15) is 0 Å². The Labute approximate surface area is 95.0 Å². The Bertz CT molecular complexity index is 401. The Kier molecular flexibility index (Phi) is 2.42. The van der Waals surface area contributed by atoms with E-state index in [1.807, 2.05) is 12.1 Å². The van der Waals surface area contributed by atoms with Gasteiger partial charge < -0.3 is 0 Å². The van der Waals surface area contributed by atoms with Gasteiger partial charge in [0.05, 0.1) is 15.2 Å². The number of hydrogen-bond donors (Lipinski definition) is 0. The van der Waals surface area contributed by atoms with E-state index in [9.17, 15) is 0 Å². The Hall–Kier alpha value is 0.360. The van der Waals surface area contributed by atoms with Crippen molar-refractivity contribution < 1.29 is 0 Å². The molecule has 12 heavy (non-hydrogen) atoms. The topological polar surface area (TPSA) is 12.9 Å². The van der Waals surface area contributed by atoms with Crippen LogP contribution in [0.4, 0.5) is 0 Å². The zero-order valence-corrected chi connectivity index (χ0v) is 10.4. The first-order valence-corrected chi connectivity index (χ1v) is 5.86. The molecule has 0 fully saturated rings. The number of benzene rings is 1. The van der Waals surface area contributed by atoms with Crippen LogP contribution < -0.4 is 0 Å². The highest BCUT2D eigenvalue weighted by atomic mass is 79.9. The van der Waals surface area contributed by atoms with Crippen molar-refractivity contribution in [2.45, 2.75) is 0 Å². The monoisotopic (exact) mass is 325 g/mol. The summed E-state index contributed by atoms with van der Waals surface area (Å²) in [7, 11) is 0. The summed E-state index contributed by atoms with van der Waals surface area (Å²) < 4.78 is 2.84. The number of halogens is 3. The van der Waals surface area contributed by atoms with Gasteiger partial charge in [-0.15, -0.1) is 11.3 Å². The molecule has 0 aliphatic carbocycles. The van der Waals surface area contributed by atoms with Crippen LogP contribution in [0.1, 0.15) is 0 Å². The van der Waals surface area contributed by atoms with Crippen molar-refractivity contribution in [2.24, 2.45) is 0 Å². The fraction of sp³-hybridized carbons (Fsp3) is 0. The van der Waals surface area contributed by atoms with Gasteiger partial charge >= 0.3 is 0 Å². The van der Waals surface area contributed by atoms with Gasteiger partial charge in [0.2, 0.25) is 0 Å². The van der Waals surface area contributed by atoms with Gasteiger partial charge in [-0.05, 0) is 44.0 Å². The fourth-order valence-corrected chi connectivity index (χ4v) is 3.12. The molecule has 0 radical (unpaired) electrons. The van der Waals surface area contributed by atoms with E-state index in [2.05, 4.69) is 36.8 Å². The van der Waals surface area contributed by atoms with Crippen LogP contribution in [0.5, 0.6) is 0 Å². The maximum absolute atomic E-state index is 5.97. The number of hydrogen-bond acceptors (Lipinski definition) is 2. The minimum Gasteiger partial charge on any atom is -0.228 e. The van der Waals surface area contributed by atoms with Crippen molar-refractivity contribution in [1.29, 1.82) is 0 Å². The lowest BCUT2D eigenvalue weighted by molar-refractivity contribution is 1.44. The second-order valence-corrected chi connectivity index (χ2v) is 5.71. The summed E-state index contributed by atoms with van der Waals surface area (Å²) in [6, 6.07) is 3.76. The normalized spacial score (nSPS) is 10.9. The molecule has 0 saturated carbocycles. The van der Waals surface area contributed by atoms with Crippen LogP contribution in [0.2, 0.25) is 5.02 Å². The minimum atomic E-state index is 0.747. The second kappa shape index (κ2) is 3.25. The molecule has 1 aromatic carbocycles. The standard InChI is InChI=1S/C7H2Br2ClNS/c8-3-1-2-4(10)6-5(3)11-7(9)12-6/h1-2H. The van der Waals surface area contributed by atoms with E-state index in [0.717, 1.165) is 23.6 Å². The highest BCUT2D eigenvalue weighted by molar-refractivity contribution is 9.11. The van der Waals surface area contributed by atoms with Crippen molar-refractivity contribution in [3.05, 3.63) is 25.5 Å². The van der Waals surface area contributed by atoms with E-state index in [4.69, 9.17) is 11.6 Å². The summed E-state index contributed by atoms with van der Waals surface area (Å²) in [6.07, 6.45) is 0. The third kappa shape index (κ3) is 1.41. The Balaban J connectivity index is 2.93. The van der Waals surface area contributed by atoms with E-state index in [1.54, 1.807) is 0 Å². The first kappa shape index (κ1) is 8.94. The summed E-state index contributed by atoms with van der Waals surface area (Å²) in [6.45, 7) is 0. The molecule has 2 rings (SSSR count). The van der Waals surface area contributed by atoms with E-state index >= 15 is 0 Å². The molecular formula is C7H2Br2ClNS. The van der Waals surface area contributed by atoms with E-state index in [1.165, 1.54) is 11.3 Å². The van der Waals surface area contributed by atoms with Gasteiger partial charge in [-0.3, -0.25) is 0 Å². The van der Waals surface area contributed by atoms with Crippen molar-refractivity contribution in [1.82, 2.24) is 4.98 Å². The van der Waals surface area contributed by atoms with E-state index in [-0.39, 0.29) is 0 Å². The largest absolute Gasteiger partial charge is 0.228 e. The molecule has 0 N–H and O–H groups in total. The maximum Gasteiger partial charge on any atom is 0.160 e. The quantitative estimate of drug-likeness (QED) is 0.695. The molecule has 0 spiro atoms. The zero-order chi connectivity index (χ0) is 8.72. The fourth-order valence-electron chi connectivity index (χ4n) is 0.919. The van der Waals surface area contributed by atoms with Gasteiger partial charge in [0.25, 0.3) is 0 Å². The summed E-state index contributed by atoms with van der Waals surface area (Å²) in [4.78, 5) is 4.28. The van der Waals surface area contributed by atoms with Crippen LogP contribution in [0.3, 0.4) is 0 Å². The summed E-state index contributed by atoms with van der Waals surface area (Å²) in [5.41, 5.74) is 0.916. The first-order valence-electron chi connectivity index (χ1n) is 3.08. The predicted octanol–water partition coefficient (Wildman–Crippen LogP) is 4.47. The number of thiazole rings is 1. The van der Waals surface area contributed by atoms with Crippen LogP contribution in [-0.2, 0) is 0 Å².